The van der Waals surface area contributed by atoms with E-state index in [0.29, 0.717) is 13.0 Å². The van der Waals surface area contributed by atoms with Crippen molar-refractivity contribution >= 4 is 5.97 Å². The lowest BCUT2D eigenvalue weighted by Gasteiger charge is -2.15. The van der Waals surface area contributed by atoms with Gasteiger partial charge in [-0.2, -0.15) is 0 Å². The molecule has 0 fully saturated rings. The molecular weight excluding hydrogens is 324 g/mol. The number of hydrogen-bond acceptors (Lipinski definition) is 3. The van der Waals surface area contributed by atoms with E-state index >= 15 is 0 Å². The zero-order chi connectivity index (χ0) is 19.5. The fraction of sp³-hybridized carbons (Fsp3) is 0.870. The first-order valence-corrected chi connectivity index (χ1v) is 10.9. The summed E-state index contributed by atoms with van der Waals surface area (Å²) in [5.74, 6) is 6.11. The molecule has 3 nitrogen and oxygen atoms in total. The average Bonchev–Trinajstić information content (AvgIpc) is 2.60. The van der Waals surface area contributed by atoms with E-state index in [0.717, 1.165) is 44.9 Å². The smallest absolute Gasteiger partial charge is 0.305 e. The minimum absolute atomic E-state index is 0.0539. The minimum atomic E-state index is -0.799. The predicted molar refractivity (Wildman–Crippen MR) is 110 cm³/mol. The number of aliphatic hydroxyl groups is 1. The zero-order valence-corrected chi connectivity index (χ0v) is 17.6. The molecule has 26 heavy (non-hydrogen) atoms. The molecule has 0 amide bonds. The second kappa shape index (κ2) is 17.4. The SMILES string of the molecule is CCCC[C@](C)(O)C#CCCCCCCCCCCCCC(=O)OCC. The largest absolute Gasteiger partial charge is 0.466 e. The number of rotatable bonds is 16. The molecule has 0 heterocycles. The molecule has 0 unspecified atom stereocenters. The van der Waals surface area contributed by atoms with Gasteiger partial charge in [0.2, 0.25) is 0 Å². The number of carbonyl (C=O) groups excluding carboxylic acids is 1. The second-order valence-electron chi connectivity index (χ2n) is 7.52. The van der Waals surface area contributed by atoms with Crippen molar-refractivity contribution in [3.05, 3.63) is 0 Å². The second-order valence-corrected chi connectivity index (χ2v) is 7.52. The Morgan fingerprint density at radius 2 is 1.42 bits per heavy atom. The van der Waals surface area contributed by atoms with E-state index in [4.69, 9.17) is 4.74 Å². The number of ether oxygens (including phenoxy) is 1. The summed E-state index contributed by atoms with van der Waals surface area (Å²) in [6.45, 7) is 6.30. The van der Waals surface area contributed by atoms with Crippen LogP contribution in [0.4, 0.5) is 0 Å². The first kappa shape index (κ1) is 25.0. The van der Waals surface area contributed by atoms with Gasteiger partial charge < -0.3 is 9.84 Å². The third-order valence-corrected chi connectivity index (χ3v) is 4.61. The average molecular weight is 367 g/mol. The molecule has 0 rings (SSSR count). The number of carbonyl (C=O) groups is 1. The molecule has 1 N–H and O–H groups in total. The summed E-state index contributed by atoms with van der Waals surface area (Å²) in [4.78, 5) is 11.2. The van der Waals surface area contributed by atoms with Crippen LogP contribution in [0.15, 0.2) is 0 Å². The van der Waals surface area contributed by atoms with Gasteiger partial charge in [-0.15, -0.1) is 5.92 Å². The van der Waals surface area contributed by atoms with Gasteiger partial charge in [-0.05, 0) is 39.5 Å². The van der Waals surface area contributed by atoms with Crippen LogP contribution in [0.3, 0.4) is 0 Å². The molecule has 152 valence electrons. The molecule has 1 atom stereocenters. The van der Waals surface area contributed by atoms with Gasteiger partial charge in [0.25, 0.3) is 0 Å². The van der Waals surface area contributed by atoms with Crippen LogP contribution in [0.2, 0.25) is 0 Å². The van der Waals surface area contributed by atoms with Gasteiger partial charge in [0.15, 0.2) is 0 Å². The van der Waals surface area contributed by atoms with Gasteiger partial charge >= 0.3 is 5.97 Å². The Bertz CT molecular complexity index is 390. The molecule has 0 aromatic heterocycles. The quantitative estimate of drug-likeness (QED) is 0.202. The maximum atomic E-state index is 11.2. The first-order valence-electron chi connectivity index (χ1n) is 10.9. The van der Waals surface area contributed by atoms with Crippen molar-refractivity contribution in [3.8, 4) is 11.8 Å². The van der Waals surface area contributed by atoms with Crippen LogP contribution in [-0.4, -0.2) is 23.3 Å². The summed E-state index contributed by atoms with van der Waals surface area (Å²) in [5, 5.41) is 10.1. The number of unbranched alkanes of at least 4 members (excludes halogenated alkanes) is 11. The summed E-state index contributed by atoms with van der Waals surface area (Å²) in [7, 11) is 0. The molecular formula is C23H42O3. The van der Waals surface area contributed by atoms with Gasteiger partial charge in [0.1, 0.15) is 5.60 Å². The van der Waals surface area contributed by atoms with E-state index in [1.54, 1.807) is 0 Å². The van der Waals surface area contributed by atoms with E-state index < -0.39 is 5.60 Å². The number of hydrogen-bond donors (Lipinski definition) is 1. The Balaban J connectivity index is 3.33. The zero-order valence-electron chi connectivity index (χ0n) is 17.6. The van der Waals surface area contributed by atoms with Crippen molar-refractivity contribution in [2.24, 2.45) is 0 Å². The maximum Gasteiger partial charge on any atom is 0.305 e. The van der Waals surface area contributed by atoms with Crippen molar-refractivity contribution < 1.29 is 14.6 Å². The maximum absolute atomic E-state index is 11.2. The highest BCUT2D eigenvalue weighted by molar-refractivity contribution is 5.69. The van der Waals surface area contributed by atoms with E-state index in [2.05, 4.69) is 18.8 Å². The third-order valence-electron chi connectivity index (χ3n) is 4.61. The minimum Gasteiger partial charge on any atom is -0.466 e. The Morgan fingerprint density at radius 3 is 1.96 bits per heavy atom. The highest BCUT2D eigenvalue weighted by Gasteiger charge is 2.14. The lowest BCUT2D eigenvalue weighted by Crippen LogP contribution is -2.20. The monoisotopic (exact) mass is 366 g/mol. The normalized spacial score (nSPS) is 12.9. The Labute approximate surface area is 162 Å². The molecule has 0 aliphatic rings. The van der Waals surface area contributed by atoms with E-state index in [1.165, 1.54) is 44.9 Å². The fourth-order valence-corrected chi connectivity index (χ4v) is 2.97. The van der Waals surface area contributed by atoms with Crippen LogP contribution in [0, 0.1) is 11.8 Å². The van der Waals surface area contributed by atoms with Gasteiger partial charge in [0.05, 0.1) is 6.61 Å². The van der Waals surface area contributed by atoms with Crippen molar-refractivity contribution in [1.29, 1.82) is 0 Å². The van der Waals surface area contributed by atoms with Crippen molar-refractivity contribution in [2.45, 2.75) is 123 Å². The Kier molecular flexibility index (Phi) is 16.7. The van der Waals surface area contributed by atoms with Gasteiger partial charge in [-0.25, -0.2) is 0 Å². The van der Waals surface area contributed by atoms with Crippen LogP contribution >= 0.6 is 0 Å². The molecule has 0 aromatic carbocycles. The lowest BCUT2D eigenvalue weighted by molar-refractivity contribution is -0.143. The molecule has 0 aliphatic carbocycles. The van der Waals surface area contributed by atoms with Crippen molar-refractivity contribution in [1.82, 2.24) is 0 Å². The van der Waals surface area contributed by atoms with Crippen LogP contribution < -0.4 is 0 Å². The van der Waals surface area contributed by atoms with Crippen LogP contribution in [0.25, 0.3) is 0 Å². The summed E-state index contributed by atoms with van der Waals surface area (Å²) in [5.41, 5.74) is -0.799. The lowest BCUT2D eigenvalue weighted by atomic mass is 9.99. The van der Waals surface area contributed by atoms with E-state index in [9.17, 15) is 9.90 Å². The van der Waals surface area contributed by atoms with Crippen molar-refractivity contribution in [2.75, 3.05) is 6.61 Å². The fourth-order valence-electron chi connectivity index (χ4n) is 2.97. The molecule has 0 aromatic rings. The topological polar surface area (TPSA) is 46.5 Å². The van der Waals surface area contributed by atoms with Crippen LogP contribution in [0.1, 0.15) is 117 Å². The Morgan fingerprint density at radius 1 is 0.885 bits per heavy atom. The highest BCUT2D eigenvalue weighted by Crippen LogP contribution is 2.13. The summed E-state index contributed by atoms with van der Waals surface area (Å²) >= 11 is 0. The molecule has 3 heteroatoms. The molecule has 0 spiro atoms. The Hall–Kier alpha value is -1.01. The van der Waals surface area contributed by atoms with Gasteiger partial charge in [-0.3, -0.25) is 4.79 Å². The van der Waals surface area contributed by atoms with Crippen molar-refractivity contribution in [3.63, 3.8) is 0 Å². The van der Waals surface area contributed by atoms with E-state index in [-0.39, 0.29) is 5.97 Å². The summed E-state index contributed by atoms with van der Waals surface area (Å²) in [6, 6.07) is 0. The standard InChI is InChI=1S/C23H42O3/c1-4-6-20-23(3,25)21-18-16-14-12-10-8-7-9-11-13-15-17-19-22(24)26-5-2/h25H,4-17,19-20H2,1-3H3/t23-/m0/s1. The van der Waals surface area contributed by atoms with Gasteiger partial charge in [0, 0.05) is 12.8 Å². The summed E-state index contributed by atoms with van der Waals surface area (Å²) in [6.07, 6.45) is 16.6. The molecule has 0 aliphatic heterocycles. The molecule has 0 radical (unpaired) electrons. The highest BCUT2D eigenvalue weighted by atomic mass is 16.5. The predicted octanol–water partition coefficient (Wildman–Crippen LogP) is 6.18. The van der Waals surface area contributed by atoms with E-state index in [1.807, 2.05) is 13.8 Å². The number of esters is 1. The molecule has 0 saturated heterocycles. The van der Waals surface area contributed by atoms with Crippen LogP contribution in [0.5, 0.6) is 0 Å². The van der Waals surface area contributed by atoms with Crippen LogP contribution in [-0.2, 0) is 9.53 Å². The molecule has 0 bridgehead atoms. The third kappa shape index (κ3) is 17.8. The van der Waals surface area contributed by atoms with Gasteiger partial charge in [-0.1, -0.05) is 70.6 Å². The molecule has 0 saturated carbocycles. The summed E-state index contributed by atoms with van der Waals surface area (Å²) < 4.78 is 4.92. The first-order chi connectivity index (χ1) is 12.5.